The smallest absolute Gasteiger partial charge is 0.250 e. The number of carbonyl (C=O) groups is 1. The minimum absolute atomic E-state index is 0.0455. The molecule has 1 N–H and O–H groups in total. The number of rotatable bonds is 4. The Kier molecular flexibility index (Phi) is 5.35. The largest absolute Gasteiger partial charge is 0.368 e. The SMILES string of the molecule is CC1CC(C)CC(OCC(=O)Nc2ccccc2C#N)C1. The Morgan fingerprint density at radius 2 is 1.95 bits per heavy atom. The summed E-state index contributed by atoms with van der Waals surface area (Å²) in [5.41, 5.74) is 1.00. The van der Waals surface area contributed by atoms with Crippen LogP contribution in [0.15, 0.2) is 24.3 Å². The van der Waals surface area contributed by atoms with Crippen LogP contribution in [0.2, 0.25) is 0 Å². The number of hydrogen-bond donors (Lipinski definition) is 1. The van der Waals surface area contributed by atoms with E-state index in [0.29, 0.717) is 23.1 Å². The summed E-state index contributed by atoms with van der Waals surface area (Å²) in [5, 5.41) is 11.7. The van der Waals surface area contributed by atoms with Crippen LogP contribution in [0, 0.1) is 23.2 Å². The van der Waals surface area contributed by atoms with E-state index in [1.165, 1.54) is 6.42 Å². The Balaban J connectivity index is 1.84. The molecule has 0 heterocycles. The average molecular weight is 286 g/mol. The van der Waals surface area contributed by atoms with E-state index in [2.05, 4.69) is 25.2 Å². The third-order valence-corrected chi connectivity index (χ3v) is 3.91. The molecule has 1 aliphatic carbocycles. The summed E-state index contributed by atoms with van der Waals surface area (Å²) in [6.07, 6.45) is 3.45. The molecule has 2 rings (SSSR count). The maximum absolute atomic E-state index is 11.9. The zero-order valence-corrected chi connectivity index (χ0v) is 12.6. The lowest BCUT2D eigenvalue weighted by molar-refractivity contribution is -0.124. The fraction of sp³-hybridized carbons (Fsp3) is 0.529. The summed E-state index contributed by atoms with van der Waals surface area (Å²) in [7, 11) is 0. The normalized spacial score (nSPS) is 25.1. The van der Waals surface area contributed by atoms with Gasteiger partial charge in [0.25, 0.3) is 0 Å². The van der Waals surface area contributed by atoms with Crippen LogP contribution in [-0.2, 0) is 9.53 Å². The van der Waals surface area contributed by atoms with E-state index in [-0.39, 0.29) is 18.6 Å². The summed E-state index contributed by atoms with van der Waals surface area (Å²) in [6.45, 7) is 4.51. The van der Waals surface area contributed by atoms with E-state index in [1.807, 2.05) is 0 Å². The van der Waals surface area contributed by atoms with Crippen molar-refractivity contribution in [1.29, 1.82) is 5.26 Å². The van der Waals surface area contributed by atoms with Gasteiger partial charge in [0.1, 0.15) is 12.7 Å². The molecule has 1 amide bonds. The summed E-state index contributed by atoms with van der Waals surface area (Å²) in [5.74, 6) is 1.10. The first-order chi connectivity index (χ1) is 10.1. The van der Waals surface area contributed by atoms with Crippen LogP contribution in [0.3, 0.4) is 0 Å². The molecule has 21 heavy (non-hydrogen) atoms. The van der Waals surface area contributed by atoms with Crippen LogP contribution in [-0.4, -0.2) is 18.6 Å². The van der Waals surface area contributed by atoms with Crippen molar-refractivity contribution in [3.8, 4) is 6.07 Å². The van der Waals surface area contributed by atoms with Gasteiger partial charge < -0.3 is 10.1 Å². The second kappa shape index (κ2) is 7.24. The fourth-order valence-electron chi connectivity index (χ4n) is 3.08. The van der Waals surface area contributed by atoms with Crippen LogP contribution < -0.4 is 5.32 Å². The minimum atomic E-state index is -0.205. The molecule has 0 saturated heterocycles. The number of amides is 1. The minimum Gasteiger partial charge on any atom is -0.368 e. The molecule has 4 nitrogen and oxygen atoms in total. The van der Waals surface area contributed by atoms with Gasteiger partial charge >= 0.3 is 0 Å². The molecule has 112 valence electrons. The van der Waals surface area contributed by atoms with E-state index in [1.54, 1.807) is 24.3 Å². The van der Waals surface area contributed by atoms with Gasteiger partial charge in [0, 0.05) is 0 Å². The van der Waals surface area contributed by atoms with Crippen molar-refractivity contribution >= 4 is 11.6 Å². The maximum atomic E-state index is 11.9. The maximum Gasteiger partial charge on any atom is 0.250 e. The number of para-hydroxylation sites is 1. The Morgan fingerprint density at radius 1 is 1.29 bits per heavy atom. The molecule has 1 aliphatic rings. The summed E-state index contributed by atoms with van der Waals surface area (Å²) in [4.78, 5) is 11.9. The van der Waals surface area contributed by atoms with Gasteiger partial charge in [-0.25, -0.2) is 0 Å². The van der Waals surface area contributed by atoms with Crippen molar-refractivity contribution in [1.82, 2.24) is 0 Å². The number of benzene rings is 1. The van der Waals surface area contributed by atoms with E-state index >= 15 is 0 Å². The van der Waals surface area contributed by atoms with Crippen molar-refractivity contribution in [3.63, 3.8) is 0 Å². The number of carbonyl (C=O) groups excluding carboxylic acids is 1. The van der Waals surface area contributed by atoms with Crippen LogP contribution >= 0.6 is 0 Å². The zero-order chi connectivity index (χ0) is 15.2. The lowest BCUT2D eigenvalue weighted by atomic mass is 9.82. The van der Waals surface area contributed by atoms with E-state index in [4.69, 9.17) is 10.00 Å². The number of nitriles is 1. The van der Waals surface area contributed by atoms with Gasteiger partial charge in [0.15, 0.2) is 0 Å². The van der Waals surface area contributed by atoms with Gasteiger partial charge in [0.2, 0.25) is 5.91 Å². The number of anilines is 1. The van der Waals surface area contributed by atoms with Crippen molar-refractivity contribution in [2.24, 2.45) is 11.8 Å². The first kappa shape index (κ1) is 15.5. The molecule has 1 saturated carbocycles. The lowest BCUT2D eigenvalue weighted by Crippen LogP contribution is -2.29. The first-order valence-electron chi connectivity index (χ1n) is 7.49. The van der Waals surface area contributed by atoms with Crippen LogP contribution in [0.5, 0.6) is 0 Å². The zero-order valence-electron chi connectivity index (χ0n) is 12.6. The molecule has 4 heteroatoms. The lowest BCUT2D eigenvalue weighted by Gasteiger charge is -2.31. The standard InChI is InChI=1S/C17H22N2O2/c1-12-7-13(2)9-15(8-12)21-11-17(20)19-16-6-4-3-5-14(16)10-18/h3-6,12-13,15H,7-9,11H2,1-2H3,(H,19,20). The molecule has 1 aromatic rings. The number of hydrogen-bond acceptors (Lipinski definition) is 3. The third kappa shape index (κ3) is 4.57. The average Bonchev–Trinajstić information content (AvgIpc) is 2.45. The van der Waals surface area contributed by atoms with Gasteiger partial charge in [0.05, 0.1) is 17.4 Å². The molecular formula is C17H22N2O2. The Bertz CT molecular complexity index is 526. The van der Waals surface area contributed by atoms with Crippen molar-refractivity contribution in [2.45, 2.75) is 39.2 Å². The summed E-state index contributed by atoms with van der Waals surface area (Å²) in [6, 6.07) is 9.03. The van der Waals surface area contributed by atoms with Crippen molar-refractivity contribution < 1.29 is 9.53 Å². The molecule has 0 aromatic heterocycles. The van der Waals surface area contributed by atoms with Gasteiger partial charge in [-0.05, 0) is 43.2 Å². The Labute approximate surface area is 126 Å². The monoisotopic (exact) mass is 286 g/mol. The van der Waals surface area contributed by atoms with Crippen LogP contribution in [0.4, 0.5) is 5.69 Å². The van der Waals surface area contributed by atoms with Crippen LogP contribution in [0.25, 0.3) is 0 Å². The highest BCUT2D eigenvalue weighted by atomic mass is 16.5. The van der Waals surface area contributed by atoms with Gasteiger partial charge in [-0.3, -0.25) is 4.79 Å². The second-order valence-electron chi connectivity index (χ2n) is 6.06. The second-order valence-corrected chi connectivity index (χ2v) is 6.06. The Hall–Kier alpha value is -1.86. The number of ether oxygens (including phenoxy) is 1. The quantitative estimate of drug-likeness (QED) is 0.923. The van der Waals surface area contributed by atoms with Gasteiger partial charge in [-0.1, -0.05) is 26.0 Å². The van der Waals surface area contributed by atoms with Gasteiger partial charge in [-0.15, -0.1) is 0 Å². The van der Waals surface area contributed by atoms with Crippen molar-refractivity contribution in [3.05, 3.63) is 29.8 Å². The molecule has 0 bridgehead atoms. The van der Waals surface area contributed by atoms with Gasteiger partial charge in [-0.2, -0.15) is 5.26 Å². The highest BCUT2D eigenvalue weighted by molar-refractivity contribution is 5.92. The summed E-state index contributed by atoms with van der Waals surface area (Å²) >= 11 is 0. The van der Waals surface area contributed by atoms with Crippen molar-refractivity contribution in [2.75, 3.05) is 11.9 Å². The number of nitrogens with one attached hydrogen (secondary N) is 1. The predicted molar refractivity (Wildman–Crippen MR) is 81.7 cm³/mol. The molecule has 2 atom stereocenters. The molecule has 0 spiro atoms. The summed E-state index contributed by atoms with van der Waals surface area (Å²) < 4.78 is 5.74. The molecule has 1 fully saturated rings. The van der Waals surface area contributed by atoms with E-state index in [9.17, 15) is 4.79 Å². The van der Waals surface area contributed by atoms with Crippen LogP contribution in [0.1, 0.15) is 38.7 Å². The highest BCUT2D eigenvalue weighted by Gasteiger charge is 2.24. The van der Waals surface area contributed by atoms with E-state index < -0.39 is 0 Å². The molecule has 1 aromatic carbocycles. The molecular weight excluding hydrogens is 264 g/mol. The number of nitrogens with zero attached hydrogens (tertiary/aromatic N) is 1. The fourth-order valence-corrected chi connectivity index (χ4v) is 3.08. The Morgan fingerprint density at radius 3 is 2.62 bits per heavy atom. The molecule has 2 unspecified atom stereocenters. The first-order valence-corrected chi connectivity index (χ1v) is 7.49. The third-order valence-electron chi connectivity index (χ3n) is 3.91. The van der Waals surface area contributed by atoms with E-state index in [0.717, 1.165) is 12.8 Å². The predicted octanol–water partition coefficient (Wildman–Crippen LogP) is 3.34. The highest BCUT2D eigenvalue weighted by Crippen LogP contribution is 2.30. The molecule has 0 radical (unpaired) electrons. The molecule has 0 aliphatic heterocycles. The topological polar surface area (TPSA) is 62.1 Å².